The van der Waals surface area contributed by atoms with Gasteiger partial charge in [-0.05, 0) is 49.6 Å². The lowest BCUT2D eigenvalue weighted by Gasteiger charge is -2.31. The molecule has 0 radical (unpaired) electrons. The van der Waals surface area contributed by atoms with Gasteiger partial charge in [0.15, 0.2) is 0 Å². The Bertz CT molecular complexity index is 942. The molecule has 1 atom stereocenters. The van der Waals surface area contributed by atoms with Crippen LogP contribution < -0.4 is 5.32 Å². The molecule has 1 fully saturated rings. The topological polar surface area (TPSA) is 66.5 Å². The number of benzene rings is 2. The van der Waals surface area contributed by atoms with Gasteiger partial charge in [-0.15, -0.1) is 0 Å². The van der Waals surface area contributed by atoms with Crippen LogP contribution in [0, 0.1) is 11.7 Å². The minimum atomic E-state index is -3.89. The highest BCUT2D eigenvalue weighted by Gasteiger charge is 2.33. The molecular formula is C20H22BrFN2O3S. The summed E-state index contributed by atoms with van der Waals surface area (Å²) < 4.78 is 41.4. The second-order valence-electron chi connectivity index (χ2n) is 6.89. The molecule has 1 aliphatic heterocycles. The largest absolute Gasteiger partial charge is 0.349 e. The molecular weight excluding hydrogens is 447 g/mol. The third-order valence-corrected chi connectivity index (χ3v) is 7.47. The van der Waals surface area contributed by atoms with Crippen molar-refractivity contribution in [2.45, 2.75) is 30.7 Å². The van der Waals surface area contributed by atoms with E-state index in [1.54, 1.807) is 0 Å². The normalized spacial score (nSPS) is 17.2. The van der Waals surface area contributed by atoms with Crippen molar-refractivity contribution in [3.05, 3.63) is 64.4 Å². The second-order valence-corrected chi connectivity index (χ2v) is 9.71. The third-order valence-electron chi connectivity index (χ3n) is 5.01. The molecule has 0 aliphatic carbocycles. The molecule has 0 aromatic heterocycles. The van der Waals surface area contributed by atoms with Crippen LogP contribution in [-0.2, 0) is 14.8 Å². The van der Waals surface area contributed by atoms with Crippen LogP contribution >= 0.6 is 15.9 Å². The summed E-state index contributed by atoms with van der Waals surface area (Å²) in [6.07, 6.45) is 0.819. The summed E-state index contributed by atoms with van der Waals surface area (Å²) in [4.78, 5) is 12.3. The van der Waals surface area contributed by atoms with Gasteiger partial charge in [0.05, 0.1) is 6.04 Å². The summed E-state index contributed by atoms with van der Waals surface area (Å²) >= 11 is 3.39. The third kappa shape index (κ3) is 4.61. The lowest BCUT2D eigenvalue weighted by Crippen LogP contribution is -2.43. The Morgan fingerprint density at radius 1 is 1.14 bits per heavy atom. The van der Waals surface area contributed by atoms with Gasteiger partial charge in [0.1, 0.15) is 10.7 Å². The summed E-state index contributed by atoms with van der Waals surface area (Å²) in [6.45, 7) is 2.31. The van der Waals surface area contributed by atoms with Gasteiger partial charge in [0.2, 0.25) is 15.9 Å². The number of rotatable bonds is 5. The van der Waals surface area contributed by atoms with Gasteiger partial charge in [0.25, 0.3) is 0 Å². The van der Waals surface area contributed by atoms with Gasteiger partial charge in [-0.3, -0.25) is 4.79 Å². The number of amides is 1. The Morgan fingerprint density at radius 3 is 2.36 bits per heavy atom. The van der Waals surface area contributed by atoms with E-state index in [2.05, 4.69) is 21.2 Å². The van der Waals surface area contributed by atoms with Crippen LogP contribution in [0.5, 0.6) is 0 Å². The fourth-order valence-corrected chi connectivity index (χ4v) is 5.12. The highest BCUT2D eigenvalue weighted by atomic mass is 79.9. The van der Waals surface area contributed by atoms with Gasteiger partial charge in [-0.2, -0.15) is 4.31 Å². The monoisotopic (exact) mass is 468 g/mol. The number of carbonyl (C=O) groups excluding carboxylic acids is 1. The predicted octanol–water partition coefficient (Wildman–Crippen LogP) is 3.87. The Balaban J connectivity index is 1.59. The van der Waals surface area contributed by atoms with Crippen molar-refractivity contribution in [1.82, 2.24) is 9.62 Å². The zero-order valence-electron chi connectivity index (χ0n) is 15.4. The Hall–Kier alpha value is -1.77. The summed E-state index contributed by atoms with van der Waals surface area (Å²) in [5, 5.41) is 3.00. The zero-order valence-corrected chi connectivity index (χ0v) is 17.8. The molecule has 1 aliphatic rings. The summed E-state index contributed by atoms with van der Waals surface area (Å²) in [6, 6.07) is 12.9. The molecule has 1 unspecified atom stereocenters. The van der Waals surface area contributed by atoms with E-state index in [4.69, 9.17) is 0 Å². The fourth-order valence-electron chi connectivity index (χ4n) is 3.32. The van der Waals surface area contributed by atoms with Crippen molar-refractivity contribution in [3.8, 4) is 0 Å². The molecule has 0 bridgehead atoms. The van der Waals surface area contributed by atoms with E-state index in [0.29, 0.717) is 12.8 Å². The molecule has 1 amide bonds. The van der Waals surface area contributed by atoms with E-state index in [0.717, 1.165) is 16.1 Å². The van der Waals surface area contributed by atoms with E-state index in [1.807, 2.05) is 31.2 Å². The SMILES string of the molecule is CC(NC(=O)C1CCN(S(=O)(=O)c2ccccc2F)CC1)c1ccc(Br)cc1. The number of nitrogens with one attached hydrogen (secondary N) is 1. The number of halogens is 2. The van der Waals surface area contributed by atoms with Crippen LogP contribution in [0.2, 0.25) is 0 Å². The van der Waals surface area contributed by atoms with Gasteiger partial charge in [-0.25, -0.2) is 12.8 Å². The van der Waals surface area contributed by atoms with E-state index >= 15 is 0 Å². The molecule has 1 heterocycles. The van der Waals surface area contributed by atoms with Gasteiger partial charge in [-0.1, -0.05) is 40.2 Å². The minimum Gasteiger partial charge on any atom is -0.349 e. The number of hydrogen-bond donors (Lipinski definition) is 1. The fraction of sp³-hybridized carbons (Fsp3) is 0.350. The molecule has 28 heavy (non-hydrogen) atoms. The zero-order chi connectivity index (χ0) is 20.3. The highest BCUT2D eigenvalue weighted by molar-refractivity contribution is 9.10. The number of nitrogens with zero attached hydrogens (tertiary/aromatic N) is 1. The minimum absolute atomic E-state index is 0.0849. The van der Waals surface area contributed by atoms with Crippen LogP contribution in [0.15, 0.2) is 57.9 Å². The lowest BCUT2D eigenvalue weighted by molar-refractivity contribution is -0.126. The van der Waals surface area contributed by atoms with Crippen molar-refractivity contribution in [1.29, 1.82) is 0 Å². The van der Waals surface area contributed by atoms with Crippen LogP contribution in [0.4, 0.5) is 4.39 Å². The quantitative estimate of drug-likeness (QED) is 0.723. The molecule has 1 N–H and O–H groups in total. The van der Waals surface area contributed by atoms with Crippen molar-refractivity contribution in [2.75, 3.05) is 13.1 Å². The molecule has 0 saturated carbocycles. The average Bonchev–Trinajstić information content (AvgIpc) is 2.68. The number of sulfonamides is 1. The smallest absolute Gasteiger partial charge is 0.245 e. The van der Waals surface area contributed by atoms with Gasteiger partial charge < -0.3 is 5.32 Å². The van der Waals surface area contributed by atoms with E-state index < -0.39 is 15.8 Å². The molecule has 2 aromatic carbocycles. The van der Waals surface area contributed by atoms with Crippen molar-refractivity contribution in [2.24, 2.45) is 5.92 Å². The summed E-state index contributed by atoms with van der Waals surface area (Å²) in [7, 11) is -3.89. The summed E-state index contributed by atoms with van der Waals surface area (Å²) in [5.74, 6) is -1.10. The average molecular weight is 469 g/mol. The Morgan fingerprint density at radius 2 is 1.75 bits per heavy atom. The highest BCUT2D eigenvalue weighted by Crippen LogP contribution is 2.26. The number of hydrogen-bond acceptors (Lipinski definition) is 3. The molecule has 5 nitrogen and oxygen atoms in total. The first-order valence-electron chi connectivity index (χ1n) is 9.09. The first-order valence-corrected chi connectivity index (χ1v) is 11.3. The van der Waals surface area contributed by atoms with Gasteiger partial charge >= 0.3 is 0 Å². The molecule has 8 heteroatoms. The van der Waals surface area contributed by atoms with Gasteiger partial charge in [0, 0.05) is 23.5 Å². The molecule has 0 spiro atoms. The number of carbonyl (C=O) groups is 1. The van der Waals surface area contributed by atoms with Crippen molar-refractivity contribution >= 4 is 31.9 Å². The lowest BCUT2D eigenvalue weighted by atomic mass is 9.96. The van der Waals surface area contributed by atoms with Crippen LogP contribution in [-0.4, -0.2) is 31.7 Å². The van der Waals surface area contributed by atoms with E-state index in [-0.39, 0.29) is 35.9 Å². The molecule has 2 aromatic rings. The predicted molar refractivity (Wildman–Crippen MR) is 109 cm³/mol. The van der Waals surface area contributed by atoms with Crippen molar-refractivity contribution < 1.29 is 17.6 Å². The summed E-state index contributed by atoms with van der Waals surface area (Å²) in [5.41, 5.74) is 0.996. The first kappa shape index (κ1) is 21.0. The van der Waals surface area contributed by atoms with Crippen LogP contribution in [0.25, 0.3) is 0 Å². The molecule has 3 rings (SSSR count). The second kappa shape index (κ2) is 8.71. The maximum atomic E-state index is 13.9. The Kier molecular flexibility index (Phi) is 6.52. The standard InChI is InChI=1S/C20H22BrFN2O3S/c1-14(15-6-8-17(21)9-7-15)23-20(25)16-10-12-24(13-11-16)28(26,27)19-5-3-2-4-18(19)22/h2-9,14,16H,10-13H2,1H3,(H,23,25). The maximum absolute atomic E-state index is 13.9. The van der Waals surface area contributed by atoms with Crippen LogP contribution in [0.1, 0.15) is 31.4 Å². The van der Waals surface area contributed by atoms with Crippen molar-refractivity contribution in [3.63, 3.8) is 0 Å². The number of piperidine rings is 1. The maximum Gasteiger partial charge on any atom is 0.245 e. The molecule has 1 saturated heterocycles. The first-order chi connectivity index (χ1) is 13.3. The van der Waals surface area contributed by atoms with Crippen LogP contribution in [0.3, 0.4) is 0 Å². The Labute approximate surface area is 173 Å². The molecule has 150 valence electrons. The van der Waals surface area contributed by atoms with E-state index in [9.17, 15) is 17.6 Å². The van der Waals surface area contributed by atoms with E-state index in [1.165, 1.54) is 22.5 Å².